The number of hydrogen-bond acceptors (Lipinski definition) is 4. The van der Waals surface area contributed by atoms with Crippen molar-refractivity contribution in [1.29, 1.82) is 0 Å². The highest BCUT2D eigenvalue weighted by molar-refractivity contribution is 5.92. The van der Waals surface area contributed by atoms with Crippen LogP contribution < -0.4 is 5.73 Å². The first-order valence-corrected chi connectivity index (χ1v) is 5.72. The summed E-state index contributed by atoms with van der Waals surface area (Å²) in [5.41, 5.74) is 5.80. The number of nitrogens with two attached hydrogens (primary N) is 1. The van der Waals surface area contributed by atoms with Crippen LogP contribution in [0.25, 0.3) is 0 Å². The average molecular weight is 253 g/mol. The minimum absolute atomic E-state index is 0.0194. The van der Waals surface area contributed by atoms with E-state index in [9.17, 15) is 4.79 Å². The van der Waals surface area contributed by atoms with Crippen LogP contribution in [0.3, 0.4) is 0 Å². The molecule has 1 rings (SSSR count). The molecular weight excluding hydrogens is 234 g/mol. The van der Waals surface area contributed by atoms with E-state index in [0.717, 1.165) is 0 Å². The fourth-order valence-corrected chi connectivity index (χ4v) is 1.56. The van der Waals surface area contributed by atoms with Crippen molar-refractivity contribution in [1.82, 2.24) is 14.7 Å². The van der Waals surface area contributed by atoms with Gasteiger partial charge in [-0.25, -0.2) is 0 Å². The number of carbonyl (C=O) groups is 1. The first kappa shape index (κ1) is 14.0. The van der Waals surface area contributed by atoms with Crippen LogP contribution in [-0.2, 0) is 7.05 Å². The van der Waals surface area contributed by atoms with Crippen molar-refractivity contribution in [3.8, 4) is 0 Å². The Hall–Kier alpha value is -2.05. The molecule has 0 radical (unpaired) electrons. The van der Waals surface area contributed by atoms with Crippen LogP contribution in [0.5, 0.6) is 0 Å². The summed E-state index contributed by atoms with van der Waals surface area (Å²) in [5.74, 6) is -0.0502. The molecule has 0 bridgehead atoms. The Balaban J connectivity index is 2.76. The van der Waals surface area contributed by atoms with E-state index in [1.807, 2.05) is 13.8 Å². The third kappa shape index (κ3) is 3.47. The maximum atomic E-state index is 12.2. The van der Waals surface area contributed by atoms with E-state index < -0.39 is 0 Å². The van der Waals surface area contributed by atoms with Crippen LogP contribution in [0.2, 0.25) is 0 Å². The van der Waals surface area contributed by atoms with Gasteiger partial charge in [-0.05, 0) is 19.9 Å². The molecule has 0 spiro atoms. The molecule has 3 N–H and O–H groups in total. The second-order valence-electron chi connectivity index (χ2n) is 4.31. The zero-order chi connectivity index (χ0) is 13.7. The first-order chi connectivity index (χ1) is 8.45. The SMILES string of the molecule is CC(C)N(CC/C(N)=N/O)C(=O)c1ccn(C)n1. The van der Waals surface area contributed by atoms with Crippen molar-refractivity contribution in [3.63, 3.8) is 0 Å². The number of rotatable bonds is 5. The molecule has 1 heterocycles. The second kappa shape index (κ2) is 6.04. The highest BCUT2D eigenvalue weighted by atomic mass is 16.4. The van der Waals surface area contributed by atoms with Crippen LogP contribution in [0.15, 0.2) is 17.4 Å². The quantitative estimate of drug-likeness (QED) is 0.344. The molecule has 1 amide bonds. The normalized spacial score (nSPS) is 11.9. The number of hydrogen-bond donors (Lipinski definition) is 2. The molecule has 7 nitrogen and oxygen atoms in total. The first-order valence-electron chi connectivity index (χ1n) is 5.72. The molecule has 7 heteroatoms. The summed E-state index contributed by atoms with van der Waals surface area (Å²) < 4.78 is 1.58. The van der Waals surface area contributed by atoms with Gasteiger partial charge in [0.25, 0.3) is 5.91 Å². The highest BCUT2D eigenvalue weighted by Gasteiger charge is 2.20. The molecule has 0 fully saturated rings. The smallest absolute Gasteiger partial charge is 0.274 e. The Bertz CT molecular complexity index is 438. The summed E-state index contributed by atoms with van der Waals surface area (Å²) in [6.45, 7) is 4.21. The van der Waals surface area contributed by atoms with Gasteiger partial charge in [0.1, 0.15) is 11.5 Å². The van der Waals surface area contributed by atoms with Gasteiger partial charge in [-0.15, -0.1) is 0 Å². The molecule has 0 unspecified atom stereocenters. The summed E-state index contributed by atoms with van der Waals surface area (Å²) in [6, 6.07) is 1.69. The molecule has 0 aromatic carbocycles. The van der Waals surface area contributed by atoms with Crippen LogP contribution >= 0.6 is 0 Å². The van der Waals surface area contributed by atoms with E-state index in [0.29, 0.717) is 18.7 Å². The van der Waals surface area contributed by atoms with Gasteiger partial charge in [0.15, 0.2) is 0 Å². The molecule has 0 saturated carbocycles. The Morgan fingerprint density at radius 3 is 2.78 bits per heavy atom. The Morgan fingerprint density at radius 1 is 1.67 bits per heavy atom. The highest BCUT2D eigenvalue weighted by Crippen LogP contribution is 2.07. The molecule has 0 aliphatic heterocycles. The number of nitrogens with zero attached hydrogens (tertiary/aromatic N) is 4. The minimum Gasteiger partial charge on any atom is -0.409 e. The third-order valence-corrected chi connectivity index (χ3v) is 2.55. The van der Waals surface area contributed by atoms with Gasteiger partial charge in [-0.1, -0.05) is 5.16 Å². The van der Waals surface area contributed by atoms with Gasteiger partial charge in [0.2, 0.25) is 0 Å². The van der Waals surface area contributed by atoms with Gasteiger partial charge < -0.3 is 15.8 Å². The number of aromatic nitrogens is 2. The zero-order valence-corrected chi connectivity index (χ0v) is 10.9. The van der Waals surface area contributed by atoms with E-state index >= 15 is 0 Å². The average Bonchev–Trinajstić information content (AvgIpc) is 2.75. The number of aryl methyl sites for hydroxylation is 1. The zero-order valence-electron chi connectivity index (χ0n) is 10.9. The predicted octanol–water partition coefficient (Wildman–Crippen LogP) is 0.407. The van der Waals surface area contributed by atoms with E-state index in [4.69, 9.17) is 10.9 Å². The molecule has 18 heavy (non-hydrogen) atoms. The summed E-state index contributed by atoms with van der Waals surface area (Å²) in [5, 5.41) is 15.5. The fourth-order valence-electron chi connectivity index (χ4n) is 1.56. The second-order valence-corrected chi connectivity index (χ2v) is 4.31. The maximum Gasteiger partial charge on any atom is 0.274 e. The third-order valence-electron chi connectivity index (χ3n) is 2.55. The summed E-state index contributed by atoms with van der Waals surface area (Å²) in [6.07, 6.45) is 2.04. The number of amides is 1. The van der Waals surface area contributed by atoms with Gasteiger partial charge in [-0.2, -0.15) is 5.10 Å². The van der Waals surface area contributed by atoms with Crippen molar-refractivity contribution in [2.24, 2.45) is 17.9 Å². The Labute approximate surface area is 106 Å². The van der Waals surface area contributed by atoms with Crippen molar-refractivity contribution in [3.05, 3.63) is 18.0 Å². The van der Waals surface area contributed by atoms with Crippen molar-refractivity contribution in [2.45, 2.75) is 26.3 Å². The fraction of sp³-hybridized carbons (Fsp3) is 0.545. The lowest BCUT2D eigenvalue weighted by molar-refractivity contribution is 0.0704. The van der Waals surface area contributed by atoms with Crippen molar-refractivity contribution in [2.75, 3.05) is 6.54 Å². The molecule has 0 atom stereocenters. The van der Waals surface area contributed by atoms with E-state index in [-0.39, 0.29) is 17.8 Å². The lowest BCUT2D eigenvalue weighted by atomic mass is 10.2. The van der Waals surface area contributed by atoms with E-state index in [1.165, 1.54) is 0 Å². The lowest BCUT2D eigenvalue weighted by Gasteiger charge is -2.25. The Morgan fingerprint density at radius 2 is 2.33 bits per heavy atom. The summed E-state index contributed by atoms with van der Waals surface area (Å²) in [4.78, 5) is 13.8. The number of amidine groups is 1. The van der Waals surface area contributed by atoms with Crippen LogP contribution in [0.4, 0.5) is 0 Å². The number of oxime groups is 1. The van der Waals surface area contributed by atoms with Crippen LogP contribution in [-0.4, -0.2) is 44.2 Å². The monoisotopic (exact) mass is 253 g/mol. The molecular formula is C11H19N5O2. The minimum atomic E-state index is -0.156. The largest absolute Gasteiger partial charge is 0.409 e. The maximum absolute atomic E-state index is 12.2. The molecule has 0 aliphatic carbocycles. The van der Waals surface area contributed by atoms with E-state index in [1.54, 1.807) is 28.9 Å². The summed E-state index contributed by atoms with van der Waals surface area (Å²) in [7, 11) is 1.76. The lowest BCUT2D eigenvalue weighted by Crippen LogP contribution is -2.39. The standard InChI is InChI=1S/C11H19N5O2/c1-8(2)16(7-5-10(12)14-18)11(17)9-4-6-15(3)13-9/h4,6,8,18H,5,7H2,1-3H3,(H2,12,14). The Kier molecular flexibility index (Phi) is 4.70. The van der Waals surface area contributed by atoms with Crippen molar-refractivity contribution < 1.29 is 10.0 Å². The van der Waals surface area contributed by atoms with Gasteiger partial charge >= 0.3 is 0 Å². The van der Waals surface area contributed by atoms with Crippen LogP contribution in [0, 0.1) is 0 Å². The van der Waals surface area contributed by atoms with Gasteiger partial charge in [0.05, 0.1) is 0 Å². The molecule has 100 valence electrons. The van der Waals surface area contributed by atoms with Gasteiger partial charge in [0, 0.05) is 32.3 Å². The number of carbonyl (C=O) groups excluding carboxylic acids is 1. The van der Waals surface area contributed by atoms with Crippen LogP contribution in [0.1, 0.15) is 30.8 Å². The predicted molar refractivity (Wildman–Crippen MR) is 67.4 cm³/mol. The topological polar surface area (TPSA) is 96.7 Å². The van der Waals surface area contributed by atoms with Gasteiger partial charge in [-0.3, -0.25) is 9.48 Å². The molecule has 0 aliphatic rings. The van der Waals surface area contributed by atoms with E-state index in [2.05, 4.69) is 10.3 Å². The molecule has 1 aromatic rings. The van der Waals surface area contributed by atoms with Crippen molar-refractivity contribution >= 4 is 11.7 Å². The molecule has 1 aromatic heterocycles. The molecule has 0 saturated heterocycles. The summed E-state index contributed by atoms with van der Waals surface area (Å²) >= 11 is 0.